The molecule has 5 nitrogen and oxygen atoms in total. The van der Waals surface area contributed by atoms with Crippen molar-refractivity contribution in [2.45, 2.75) is 37.8 Å². The third-order valence-electron chi connectivity index (χ3n) is 4.77. The van der Waals surface area contributed by atoms with Crippen LogP contribution in [0, 0.1) is 6.92 Å². The Bertz CT molecular complexity index is 994. The lowest BCUT2D eigenvalue weighted by Crippen LogP contribution is -2.37. The summed E-state index contributed by atoms with van der Waals surface area (Å²) in [6, 6.07) is 16.3. The van der Waals surface area contributed by atoms with Crippen LogP contribution < -0.4 is 9.29 Å². The van der Waals surface area contributed by atoms with Crippen molar-refractivity contribution < 1.29 is 13.0 Å². The van der Waals surface area contributed by atoms with Crippen molar-refractivity contribution in [1.82, 2.24) is 9.29 Å². The normalized spacial score (nSPS) is 12.9. The van der Waals surface area contributed by atoms with Gasteiger partial charge in [-0.1, -0.05) is 48.0 Å². The molecule has 1 aromatic heterocycles. The van der Waals surface area contributed by atoms with Gasteiger partial charge < -0.3 is 0 Å². The fraction of sp³-hybridized carbons (Fsp3) is 0.286. The number of imidazole rings is 1. The van der Waals surface area contributed by atoms with Crippen LogP contribution in [-0.4, -0.2) is 13.0 Å². The van der Waals surface area contributed by atoms with Gasteiger partial charge in [-0.15, -0.1) is 0 Å². The fourth-order valence-electron chi connectivity index (χ4n) is 3.17. The first kappa shape index (κ1) is 19.3. The molecule has 1 N–H and O–H groups in total. The van der Waals surface area contributed by atoms with Crippen LogP contribution in [0.1, 0.15) is 29.9 Å². The lowest BCUT2D eigenvalue weighted by atomic mass is 10.0. The van der Waals surface area contributed by atoms with Crippen LogP contribution in [0.4, 0.5) is 0 Å². The molecule has 27 heavy (non-hydrogen) atoms. The Kier molecular flexibility index (Phi) is 5.77. The maximum Gasteiger partial charge on any atom is 0.258 e. The van der Waals surface area contributed by atoms with E-state index in [2.05, 4.69) is 16.2 Å². The summed E-state index contributed by atoms with van der Waals surface area (Å²) in [6.45, 7) is 4.86. The van der Waals surface area contributed by atoms with Gasteiger partial charge in [-0.3, -0.25) is 0 Å². The molecule has 0 fully saturated rings. The van der Waals surface area contributed by atoms with Crippen LogP contribution in [0.15, 0.2) is 71.9 Å². The van der Waals surface area contributed by atoms with E-state index in [9.17, 15) is 8.42 Å². The Labute approximate surface area is 161 Å². The number of aryl methyl sites for hydroxylation is 3. The van der Waals surface area contributed by atoms with Crippen molar-refractivity contribution in [2.75, 3.05) is 0 Å². The lowest BCUT2D eigenvalue weighted by molar-refractivity contribution is -0.679. The number of nitrogens with zero attached hydrogens (tertiary/aromatic N) is 2. The molecule has 0 saturated carbocycles. The zero-order valence-corrected chi connectivity index (χ0v) is 16.8. The van der Waals surface area contributed by atoms with E-state index in [1.54, 1.807) is 12.1 Å². The highest BCUT2D eigenvalue weighted by Crippen LogP contribution is 2.21. The highest BCUT2D eigenvalue weighted by Gasteiger charge is 2.26. The van der Waals surface area contributed by atoms with Crippen LogP contribution in [0.5, 0.6) is 0 Å². The summed E-state index contributed by atoms with van der Waals surface area (Å²) in [5.74, 6) is 1.07. The Morgan fingerprint density at radius 1 is 1.07 bits per heavy atom. The molecule has 0 aliphatic heterocycles. The predicted octanol–water partition coefficient (Wildman–Crippen LogP) is 2.90. The first-order valence-electron chi connectivity index (χ1n) is 9.08. The van der Waals surface area contributed by atoms with Crippen molar-refractivity contribution in [1.29, 1.82) is 0 Å². The summed E-state index contributed by atoms with van der Waals surface area (Å²) in [5.41, 5.74) is 1.97. The van der Waals surface area contributed by atoms with E-state index >= 15 is 0 Å². The zero-order chi connectivity index (χ0) is 19.4. The molecule has 0 bridgehead atoms. The molecule has 0 radical (unpaired) electrons. The average molecular weight is 385 g/mol. The third-order valence-corrected chi connectivity index (χ3v) is 6.25. The molecule has 1 atom stereocenters. The zero-order valence-electron chi connectivity index (χ0n) is 16.0. The first-order chi connectivity index (χ1) is 12.9. The van der Waals surface area contributed by atoms with Crippen molar-refractivity contribution in [2.24, 2.45) is 7.05 Å². The maximum atomic E-state index is 13.0. The molecule has 1 unspecified atom stereocenters. The Balaban J connectivity index is 1.95. The minimum atomic E-state index is -3.63. The average Bonchev–Trinajstić information content (AvgIpc) is 3.02. The van der Waals surface area contributed by atoms with Gasteiger partial charge in [0.1, 0.15) is 12.4 Å². The van der Waals surface area contributed by atoms with Crippen molar-refractivity contribution in [3.63, 3.8) is 0 Å². The number of sulfonamides is 1. The summed E-state index contributed by atoms with van der Waals surface area (Å²) in [6.07, 6.45) is 4.58. The van der Waals surface area contributed by atoms with Gasteiger partial charge in [-0.2, -0.15) is 0 Å². The van der Waals surface area contributed by atoms with E-state index in [0.29, 0.717) is 6.42 Å². The van der Waals surface area contributed by atoms with Crippen molar-refractivity contribution >= 4 is 10.0 Å². The van der Waals surface area contributed by atoms with Gasteiger partial charge in [0, 0.05) is 0 Å². The summed E-state index contributed by atoms with van der Waals surface area (Å²) >= 11 is 0. The SMILES string of the molecule is CCn1cc[n+](C)c1CC(NS(=O)(=O)c1ccc(C)cc1)c1ccccc1. The lowest BCUT2D eigenvalue weighted by Gasteiger charge is -2.18. The number of rotatable bonds is 7. The molecule has 142 valence electrons. The Hall–Kier alpha value is -2.44. The molecule has 6 heteroatoms. The molecular formula is C21H26N3O2S+. The quantitative estimate of drug-likeness (QED) is 0.637. The number of benzene rings is 2. The second-order valence-electron chi connectivity index (χ2n) is 6.71. The smallest absolute Gasteiger partial charge is 0.237 e. The molecular weight excluding hydrogens is 358 g/mol. The Morgan fingerprint density at radius 2 is 1.74 bits per heavy atom. The standard InChI is InChI=1S/C21H26N3O2S/c1-4-24-15-14-23(3)21(24)16-20(18-8-6-5-7-9-18)22-27(25,26)19-12-10-17(2)11-13-19/h5-15,20,22H,4,16H2,1-3H3/q+1. The van der Waals surface area contributed by atoms with Gasteiger partial charge in [0.2, 0.25) is 10.0 Å². The topological polar surface area (TPSA) is 55.0 Å². The van der Waals surface area contributed by atoms with Crippen LogP contribution in [-0.2, 0) is 30.0 Å². The maximum absolute atomic E-state index is 13.0. The van der Waals surface area contributed by atoms with Crippen LogP contribution in [0.2, 0.25) is 0 Å². The molecule has 2 aromatic carbocycles. The Morgan fingerprint density at radius 3 is 2.37 bits per heavy atom. The van der Waals surface area contributed by atoms with Gasteiger partial charge in [0.05, 0.1) is 31.0 Å². The molecule has 0 aliphatic rings. The summed E-state index contributed by atoms with van der Waals surface area (Å²) < 4.78 is 33.0. The van der Waals surface area contributed by atoms with E-state index in [0.717, 1.165) is 23.5 Å². The minimum absolute atomic E-state index is 0.282. The number of nitrogens with one attached hydrogen (secondary N) is 1. The fourth-order valence-corrected chi connectivity index (χ4v) is 4.40. The van der Waals surface area contributed by atoms with E-state index < -0.39 is 10.0 Å². The van der Waals surface area contributed by atoms with E-state index in [-0.39, 0.29) is 10.9 Å². The number of hydrogen-bond acceptors (Lipinski definition) is 2. The van der Waals surface area contributed by atoms with E-state index in [4.69, 9.17) is 0 Å². The molecule has 0 spiro atoms. The predicted molar refractivity (Wildman–Crippen MR) is 106 cm³/mol. The molecule has 0 aliphatic carbocycles. The molecule has 3 rings (SSSR count). The summed E-state index contributed by atoms with van der Waals surface area (Å²) in [5, 5.41) is 0. The van der Waals surface area contributed by atoms with Gasteiger partial charge in [-0.05, 0) is 31.5 Å². The van der Waals surface area contributed by atoms with E-state index in [1.165, 1.54) is 0 Å². The summed E-state index contributed by atoms with van der Waals surface area (Å²) in [7, 11) is -1.64. The number of hydrogen-bond donors (Lipinski definition) is 1. The van der Waals surface area contributed by atoms with Gasteiger partial charge in [0.15, 0.2) is 0 Å². The van der Waals surface area contributed by atoms with E-state index in [1.807, 2.05) is 73.4 Å². The van der Waals surface area contributed by atoms with Crippen LogP contribution >= 0.6 is 0 Å². The first-order valence-corrected chi connectivity index (χ1v) is 10.6. The highest BCUT2D eigenvalue weighted by atomic mass is 32.2. The van der Waals surface area contributed by atoms with Gasteiger partial charge >= 0.3 is 0 Å². The molecule has 1 heterocycles. The largest absolute Gasteiger partial charge is 0.258 e. The molecule has 0 amide bonds. The van der Waals surface area contributed by atoms with Crippen LogP contribution in [0.3, 0.4) is 0 Å². The third kappa shape index (κ3) is 4.46. The highest BCUT2D eigenvalue weighted by molar-refractivity contribution is 7.89. The van der Waals surface area contributed by atoms with Crippen molar-refractivity contribution in [3.8, 4) is 0 Å². The second-order valence-corrected chi connectivity index (χ2v) is 8.43. The monoisotopic (exact) mass is 384 g/mol. The summed E-state index contributed by atoms with van der Waals surface area (Å²) in [4.78, 5) is 0.282. The second kappa shape index (κ2) is 8.06. The minimum Gasteiger partial charge on any atom is -0.237 e. The van der Waals surface area contributed by atoms with Crippen molar-refractivity contribution in [3.05, 3.63) is 83.9 Å². The van der Waals surface area contributed by atoms with Gasteiger partial charge in [0.25, 0.3) is 5.82 Å². The molecule has 3 aromatic rings. The van der Waals surface area contributed by atoms with Crippen LogP contribution in [0.25, 0.3) is 0 Å². The van der Waals surface area contributed by atoms with Gasteiger partial charge in [-0.25, -0.2) is 22.3 Å². The number of aromatic nitrogens is 2. The molecule has 0 saturated heterocycles.